The maximum absolute atomic E-state index is 10.8. The largest absolute Gasteiger partial charge is 0.368 e. The molecule has 0 atom stereocenters. The van der Waals surface area contributed by atoms with Gasteiger partial charge in [-0.15, -0.1) is 0 Å². The van der Waals surface area contributed by atoms with E-state index in [2.05, 4.69) is 36.1 Å². The Hall–Kier alpha value is -2.38. The Balaban J connectivity index is 2.11. The van der Waals surface area contributed by atoms with Crippen LogP contribution in [0.3, 0.4) is 0 Å². The number of anilines is 2. The smallest absolute Gasteiger partial charge is 0.226 e. The summed E-state index contributed by atoms with van der Waals surface area (Å²) in [5, 5.41) is 16.5. The first kappa shape index (κ1) is 13.1. The number of hydrogen-bond donors (Lipinski definition) is 4. The number of aromatic nitrogens is 4. The highest BCUT2D eigenvalue weighted by Gasteiger charge is 2.08. The first-order valence-corrected chi connectivity index (χ1v) is 6.14. The number of nitrogens with one attached hydrogen (secondary N) is 4. The summed E-state index contributed by atoms with van der Waals surface area (Å²) in [6.07, 6.45) is 1.67. The van der Waals surface area contributed by atoms with Gasteiger partial charge in [-0.1, -0.05) is 0 Å². The van der Waals surface area contributed by atoms with Gasteiger partial charge in [0, 0.05) is 26.6 Å². The van der Waals surface area contributed by atoms with E-state index in [1.54, 1.807) is 6.20 Å². The van der Waals surface area contributed by atoms with Crippen molar-refractivity contribution >= 4 is 28.7 Å². The summed E-state index contributed by atoms with van der Waals surface area (Å²) in [5.74, 6) is 1.19. The van der Waals surface area contributed by atoms with Crippen molar-refractivity contribution in [3.8, 4) is 0 Å². The second-order valence-electron chi connectivity index (χ2n) is 3.97. The molecule has 2 rings (SSSR count). The molecule has 0 saturated heterocycles. The number of hydrogen-bond acceptors (Lipinski definition) is 6. The minimum absolute atomic E-state index is 0.0497. The summed E-state index contributed by atoms with van der Waals surface area (Å²) >= 11 is 0. The van der Waals surface area contributed by atoms with Crippen LogP contribution < -0.4 is 16.0 Å². The molecule has 2 aromatic rings. The van der Waals surface area contributed by atoms with Crippen molar-refractivity contribution in [3.05, 3.63) is 6.20 Å². The maximum atomic E-state index is 10.8. The van der Waals surface area contributed by atoms with Gasteiger partial charge in [-0.3, -0.25) is 9.89 Å². The zero-order chi connectivity index (χ0) is 13.7. The third-order valence-electron chi connectivity index (χ3n) is 2.44. The lowest BCUT2D eigenvalue weighted by atomic mass is 10.4. The normalized spacial score (nSPS) is 10.4. The molecule has 8 heteroatoms. The Kier molecular flexibility index (Phi) is 4.11. The lowest BCUT2D eigenvalue weighted by molar-refractivity contribution is -0.118. The van der Waals surface area contributed by atoms with Crippen LogP contribution in [0, 0.1) is 0 Å². The molecule has 0 saturated carbocycles. The Morgan fingerprint density at radius 2 is 2.16 bits per heavy atom. The molecule has 0 fully saturated rings. The van der Waals surface area contributed by atoms with Gasteiger partial charge in [-0.25, -0.2) is 0 Å². The average Bonchev–Trinajstić information content (AvgIpc) is 2.83. The molecule has 4 N–H and O–H groups in total. The number of fused-ring (bicyclic) bond motifs is 1. The Labute approximate surface area is 110 Å². The van der Waals surface area contributed by atoms with Crippen LogP contribution in [0.5, 0.6) is 0 Å². The maximum Gasteiger partial charge on any atom is 0.226 e. The first-order valence-electron chi connectivity index (χ1n) is 6.14. The molecule has 0 spiro atoms. The topological polar surface area (TPSA) is 108 Å². The predicted molar refractivity (Wildman–Crippen MR) is 73.0 cm³/mol. The number of rotatable bonds is 6. The molecule has 0 aliphatic carbocycles. The second kappa shape index (κ2) is 5.98. The van der Waals surface area contributed by atoms with Crippen LogP contribution in [0.15, 0.2) is 6.20 Å². The van der Waals surface area contributed by atoms with Crippen LogP contribution in [0.25, 0.3) is 11.0 Å². The van der Waals surface area contributed by atoms with Gasteiger partial charge in [-0.05, 0) is 6.92 Å². The van der Waals surface area contributed by atoms with E-state index in [-0.39, 0.29) is 5.91 Å². The van der Waals surface area contributed by atoms with Crippen molar-refractivity contribution < 1.29 is 4.79 Å². The highest BCUT2D eigenvalue weighted by Crippen LogP contribution is 2.19. The van der Waals surface area contributed by atoms with E-state index >= 15 is 0 Å². The third kappa shape index (κ3) is 3.30. The number of aromatic amines is 1. The SMILES string of the molecule is CCNc1nc(NCCNC(C)=O)c2cn[nH]c2n1. The molecule has 2 heterocycles. The van der Waals surface area contributed by atoms with Gasteiger partial charge in [0.25, 0.3) is 0 Å². The monoisotopic (exact) mass is 263 g/mol. The van der Waals surface area contributed by atoms with E-state index in [0.717, 1.165) is 11.9 Å². The van der Waals surface area contributed by atoms with Crippen LogP contribution in [0.2, 0.25) is 0 Å². The highest BCUT2D eigenvalue weighted by molar-refractivity contribution is 5.86. The Morgan fingerprint density at radius 1 is 1.32 bits per heavy atom. The van der Waals surface area contributed by atoms with Crippen LogP contribution >= 0.6 is 0 Å². The minimum atomic E-state index is -0.0497. The van der Waals surface area contributed by atoms with E-state index in [9.17, 15) is 4.79 Å². The zero-order valence-electron chi connectivity index (χ0n) is 10.9. The number of carbonyl (C=O) groups excluding carboxylic acids is 1. The molecule has 102 valence electrons. The summed E-state index contributed by atoms with van der Waals surface area (Å²) in [4.78, 5) is 19.4. The molecular weight excluding hydrogens is 246 g/mol. The summed E-state index contributed by atoms with van der Waals surface area (Å²) in [6, 6.07) is 0. The minimum Gasteiger partial charge on any atom is -0.368 e. The van der Waals surface area contributed by atoms with Crippen molar-refractivity contribution in [1.82, 2.24) is 25.5 Å². The van der Waals surface area contributed by atoms with Crippen molar-refractivity contribution in [2.75, 3.05) is 30.3 Å². The molecule has 0 aliphatic rings. The first-order chi connectivity index (χ1) is 9.20. The Morgan fingerprint density at radius 3 is 2.89 bits per heavy atom. The number of carbonyl (C=O) groups is 1. The molecule has 2 aromatic heterocycles. The lowest BCUT2D eigenvalue weighted by Gasteiger charge is -2.09. The second-order valence-corrected chi connectivity index (χ2v) is 3.97. The van der Waals surface area contributed by atoms with Gasteiger partial charge in [0.05, 0.1) is 11.6 Å². The molecule has 0 unspecified atom stereocenters. The van der Waals surface area contributed by atoms with Crippen molar-refractivity contribution in [3.63, 3.8) is 0 Å². The van der Waals surface area contributed by atoms with Gasteiger partial charge < -0.3 is 16.0 Å². The van der Waals surface area contributed by atoms with E-state index < -0.39 is 0 Å². The van der Waals surface area contributed by atoms with Crippen molar-refractivity contribution in [2.24, 2.45) is 0 Å². The fourth-order valence-corrected chi connectivity index (χ4v) is 1.63. The van der Waals surface area contributed by atoms with E-state index in [4.69, 9.17) is 0 Å². The van der Waals surface area contributed by atoms with E-state index in [1.807, 2.05) is 6.92 Å². The molecule has 0 bridgehead atoms. The van der Waals surface area contributed by atoms with E-state index in [1.165, 1.54) is 6.92 Å². The van der Waals surface area contributed by atoms with Crippen LogP contribution in [-0.4, -0.2) is 45.7 Å². The van der Waals surface area contributed by atoms with Crippen LogP contribution in [0.4, 0.5) is 11.8 Å². The number of amides is 1. The molecule has 1 amide bonds. The molecule has 0 radical (unpaired) electrons. The zero-order valence-corrected chi connectivity index (χ0v) is 10.9. The van der Waals surface area contributed by atoms with Gasteiger partial charge in [-0.2, -0.15) is 15.1 Å². The summed E-state index contributed by atoms with van der Waals surface area (Å²) < 4.78 is 0. The molecule has 19 heavy (non-hydrogen) atoms. The van der Waals surface area contributed by atoms with Crippen molar-refractivity contribution in [1.29, 1.82) is 0 Å². The van der Waals surface area contributed by atoms with Crippen LogP contribution in [-0.2, 0) is 4.79 Å². The number of H-pyrrole nitrogens is 1. The third-order valence-corrected chi connectivity index (χ3v) is 2.44. The molecular formula is C11H17N7O. The molecule has 8 nitrogen and oxygen atoms in total. The van der Waals surface area contributed by atoms with Gasteiger partial charge in [0.2, 0.25) is 11.9 Å². The quantitative estimate of drug-likeness (QED) is 0.559. The van der Waals surface area contributed by atoms with Gasteiger partial charge >= 0.3 is 0 Å². The van der Waals surface area contributed by atoms with E-state index in [0.29, 0.717) is 30.5 Å². The summed E-state index contributed by atoms with van der Waals surface area (Å²) in [5.41, 5.74) is 0.674. The van der Waals surface area contributed by atoms with Crippen LogP contribution in [0.1, 0.15) is 13.8 Å². The fraction of sp³-hybridized carbons (Fsp3) is 0.455. The summed E-state index contributed by atoms with van der Waals surface area (Å²) in [6.45, 7) is 5.33. The van der Waals surface area contributed by atoms with Crippen molar-refractivity contribution in [2.45, 2.75) is 13.8 Å². The standard InChI is InChI=1S/C11H17N7O/c1-3-12-11-16-9(14-5-4-13-7(2)19)8-6-15-18-10(8)17-11/h6H,3-5H2,1-2H3,(H,13,19)(H3,12,14,15,16,17,18). The average molecular weight is 263 g/mol. The Bertz CT molecular complexity index is 565. The molecule has 0 aliphatic heterocycles. The fourth-order valence-electron chi connectivity index (χ4n) is 1.63. The summed E-state index contributed by atoms with van der Waals surface area (Å²) in [7, 11) is 0. The predicted octanol–water partition coefficient (Wildman–Crippen LogP) is 0.333. The number of nitrogens with zero attached hydrogens (tertiary/aromatic N) is 3. The van der Waals surface area contributed by atoms with Gasteiger partial charge in [0.1, 0.15) is 5.82 Å². The highest BCUT2D eigenvalue weighted by atomic mass is 16.1. The van der Waals surface area contributed by atoms with Gasteiger partial charge in [0.15, 0.2) is 5.65 Å². The lowest BCUT2D eigenvalue weighted by Crippen LogP contribution is -2.26. The molecule has 0 aromatic carbocycles.